The average Bonchev–Trinajstić information content (AvgIpc) is 2.10. The van der Waals surface area contributed by atoms with Gasteiger partial charge in [0.25, 0.3) is 0 Å². The molecule has 0 saturated heterocycles. The van der Waals surface area contributed by atoms with Crippen molar-refractivity contribution in [3.63, 3.8) is 0 Å². The molecule has 0 saturated carbocycles. The lowest BCUT2D eigenvalue weighted by atomic mass is 10.2. The SMILES string of the molecule is CC(N)CC(=O)Nc1c(Br)cccc1Br. The van der Waals surface area contributed by atoms with Crippen LogP contribution in [0.25, 0.3) is 0 Å². The van der Waals surface area contributed by atoms with Crippen LogP contribution in [0.2, 0.25) is 0 Å². The van der Waals surface area contributed by atoms with E-state index in [9.17, 15) is 4.79 Å². The van der Waals surface area contributed by atoms with Crippen molar-refractivity contribution < 1.29 is 4.79 Å². The molecule has 1 amide bonds. The number of rotatable bonds is 3. The van der Waals surface area contributed by atoms with Crippen molar-refractivity contribution >= 4 is 43.5 Å². The number of para-hydroxylation sites is 1. The number of amides is 1. The molecule has 5 heteroatoms. The summed E-state index contributed by atoms with van der Waals surface area (Å²) in [7, 11) is 0. The highest BCUT2D eigenvalue weighted by Gasteiger charge is 2.10. The second-order valence-electron chi connectivity index (χ2n) is 3.33. The third kappa shape index (κ3) is 3.93. The van der Waals surface area contributed by atoms with E-state index in [4.69, 9.17) is 5.73 Å². The van der Waals surface area contributed by atoms with Gasteiger partial charge in [-0.15, -0.1) is 0 Å². The molecule has 1 rings (SSSR count). The molecular formula is C10H12Br2N2O. The monoisotopic (exact) mass is 334 g/mol. The van der Waals surface area contributed by atoms with E-state index in [-0.39, 0.29) is 11.9 Å². The minimum Gasteiger partial charge on any atom is -0.327 e. The molecule has 1 unspecified atom stereocenters. The van der Waals surface area contributed by atoms with E-state index in [1.807, 2.05) is 18.2 Å². The molecule has 0 aliphatic rings. The van der Waals surface area contributed by atoms with E-state index in [0.29, 0.717) is 6.42 Å². The number of carbonyl (C=O) groups is 1. The first-order valence-electron chi connectivity index (χ1n) is 4.50. The number of nitrogens with two attached hydrogens (primary N) is 1. The van der Waals surface area contributed by atoms with Gasteiger partial charge in [-0.3, -0.25) is 4.79 Å². The minimum absolute atomic E-state index is 0.0856. The van der Waals surface area contributed by atoms with Crippen molar-refractivity contribution in [1.29, 1.82) is 0 Å². The topological polar surface area (TPSA) is 55.1 Å². The van der Waals surface area contributed by atoms with Gasteiger partial charge in [0.15, 0.2) is 0 Å². The summed E-state index contributed by atoms with van der Waals surface area (Å²) in [6.07, 6.45) is 0.313. The molecule has 3 N–H and O–H groups in total. The van der Waals surface area contributed by atoms with E-state index < -0.39 is 0 Å². The highest BCUT2D eigenvalue weighted by atomic mass is 79.9. The maximum absolute atomic E-state index is 11.5. The van der Waals surface area contributed by atoms with Crippen LogP contribution in [0.15, 0.2) is 27.1 Å². The first kappa shape index (κ1) is 12.7. The van der Waals surface area contributed by atoms with Crippen molar-refractivity contribution in [2.24, 2.45) is 5.73 Å². The number of nitrogens with one attached hydrogen (secondary N) is 1. The molecule has 82 valence electrons. The number of halogens is 2. The summed E-state index contributed by atoms with van der Waals surface area (Å²) in [5.41, 5.74) is 6.28. The fourth-order valence-corrected chi connectivity index (χ4v) is 2.30. The predicted octanol–water partition coefficient (Wildman–Crippen LogP) is 2.89. The van der Waals surface area contributed by atoms with Gasteiger partial charge in [0.1, 0.15) is 0 Å². The lowest BCUT2D eigenvalue weighted by Crippen LogP contribution is -2.24. The Labute approximate surface area is 106 Å². The maximum atomic E-state index is 11.5. The molecule has 0 heterocycles. The molecule has 1 aromatic carbocycles. The normalized spacial score (nSPS) is 12.3. The maximum Gasteiger partial charge on any atom is 0.225 e. The number of anilines is 1. The average molecular weight is 336 g/mol. The molecule has 0 aliphatic carbocycles. The Morgan fingerprint density at radius 3 is 2.47 bits per heavy atom. The highest BCUT2D eigenvalue weighted by Crippen LogP contribution is 2.30. The third-order valence-corrected chi connectivity index (χ3v) is 3.06. The summed E-state index contributed by atoms with van der Waals surface area (Å²) in [5, 5.41) is 2.80. The fourth-order valence-electron chi connectivity index (χ4n) is 1.10. The van der Waals surface area contributed by atoms with Gasteiger partial charge in [0, 0.05) is 21.4 Å². The molecule has 1 aromatic rings. The van der Waals surface area contributed by atoms with Gasteiger partial charge in [0.2, 0.25) is 5.91 Å². The number of hydrogen-bond donors (Lipinski definition) is 2. The molecular weight excluding hydrogens is 324 g/mol. The van der Waals surface area contributed by atoms with E-state index in [1.54, 1.807) is 6.92 Å². The fraction of sp³-hybridized carbons (Fsp3) is 0.300. The summed E-state index contributed by atoms with van der Waals surface area (Å²) in [4.78, 5) is 11.5. The van der Waals surface area contributed by atoms with Crippen LogP contribution in [0.3, 0.4) is 0 Å². The smallest absolute Gasteiger partial charge is 0.225 e. The quantitative estimate of drug-likeness (QED) is 0.892. The van der Waals surface area contributed by atoms with Crippen LogP contribution < -0.4 is 11.1 Å². The summed E-state index contributed by atoms with van der Waals surface area (Å²) in [5.74, 6) is -0.0856. The van der Waals surface area contributed by atoms with Crippen molar-refractivity contribution in [1.82, 2.24) is 0 Å². The third-order valence-electron chi connectivity index (χ3n) is 1.73. The summed E-state index contributed by atoms with van der Waals surface area (Å²) in [6.45, 7) is 1.80. The van der Waals surface area contributed by atoms with Crippen LogP contribution in [0.5, 0.6) is 0 Å². The van der Waals surface area contributed by atoms with Gasteiger partial charge in [-0.2, -0.15) is 0 Å². The summed E-state index contributed by atoms with van der Waals surface area (Å²) in [6, 6.07) is 5.49. The molecule has 15 heavy (non-hydrogen) atoms. The Morgan fingerprint density at radius 2 is 2.00 bits per heavy atom. The Hall–Kier alpha value is -0.390. The highest BCUT2D eigenvalue weighted by molar-refractivity contribution is 9.11. The van der Waals surface area contributed by atoms with Crippen LogP contribution in [0.4, 0.5) is 5.69 Å². The first-order valence-corrected chi connectivity index (χ1v) is 6.08. The van der Waals surface area contributed by atoms with Gasteiger partial charge < -0.3 is 11.1 Å². The zero-order chi connectivity index (χ0) is 11.4. The molecule has 0 radical (unpaired) electrons. The lowest BCUT2D eigenvalue weighted by Gasteiger charge is -2.10. The number of carbonyl (C=O) groups excluding carboxylic acids is 1. The van der Waals surface area contributed by atoms with Crippen LogP contribution >= 0.6 is 31.9 Å². The van der Waals surface area contributed by atoms with Crippen molar-refractivity contribution in [2.75, 3.05) is 5.32 Å². The molecule has 1 atom stereocenters. The molecule has 0 fully saturated rings. The summed E-state index contributed by atoms with van der Waals surface area (Å²) >= 11 is 6.73. The second kappa shape index (κ2) is 5.63. The number of benzene rings is 1. The number of hydrogen-bond acceptors (Lipinski definition) is 2. The Balaban J connectivity index is 2.76. The van der Waals surface area contributed by atoms with Gasteiger partial charge in [-0.25, -0.2) is 0 Å². The largest absolute Gasteiger partial charge is 0.327 e. The van der Waals surface area contributed by atoms with E-state index in [0.717, 1.165) is 14.6 Å². The molecule has 0 aromatic heterocycles. The van der Waals surface area contributed by atoms with Crippen LogP contribution in [-0.4, -0.2) is 11.9 Å². The van der Waals surface area contributed by atoms with E-state index in [2.05, 4.69) is 37.2 Å². The van der Waals surface area contributed by atoms with Crippen LogP contribution in [0.1, 0.15) is 13.3 Å². The first-order chi connectivity index (χ1) is 7.00. The molecule has 0 bridgehead atoms. The molecule has 3 nitrogen and oxygen atoms in total. The van der Waals surface area contributed by atoms with Crippen LogP contribution in [0, 0.1) is 0 Å². The Morgan fingerprint density at radius 1 is 1.47 bits per heavy atom. The van der Waals surface area contributed by atoms with E-state index in [1.165, 1.54) is 0 Å². The van der Waals surface area contributed by atoms with Crippen LogP contribution in [-0.2, 0) is 4.79 Å². The van der Waals surface area contributed by atoms with Gasteiger partial charge in [-0.05, 0) is 50.9 Å². The standard InChI is InChI=1S/C10H12Br2N2O/c1-6(13)5-9(15)14-10-7(11)3-2-4-8(10)12/h2-4,6H,5,13H2,1H3,(H,14,15). The Kier molecular flexibility index (Phi) is 4.76. The van der Waals surface area contributed by atoms with Gasteiger partial charge in [-0.1, -0.05) is 6.07 Å². The molecule has 0 aliphatic heterocycles. The zero-order valence-corrected chi connectivity index (χ0v) is 11.4. The van der Waals surface area contributed by atoms with Crippen molar-refractivity contribution in [3.8, 4) is 0 Å². The molecule has 0 spiro atoms. The predicted molar refractivity (Wildman–Crippen MR) is 68.7 cm³/mol. The Bertz CT molecular complexity index is 346. The van der Waals surface area contributed by atoms with Crippen molar-refractivity contribution in [2.45, 2.75) is 19.4 Å². The zero-order valence-electron chi connectivity index (χ0n) is 8.26. The summed E-state index contributed by atoms with van der Waals surface area (Å²) < 4.78 is 1.68. The second-order valence-corrected chi connectivity index (χ2v) is 5.03. The minimum atomic E-state index is -0.133. The van der Waals surface area contributed by atoms with Gasteiger partial charge >= 0.3 is 0 Å². The van der Waals surface area contributed by atoms with Gasteiger partial charge in [0.05, 0.1) is 5.69 Å². The van der Waals surface area contributed by atoms with Crippen molar-refractivity contribution in [3.05, 3.63) is 27.1 Å². The lowest BCUT2D eigenvalue weighted by molar-refractivity contribution is -0.116. The van der Waals surface area contributed by atoms with E-state index >= 15 is 0 Å².